The zero-order valence-electron chi connectivity index (χ0n) is 5.92. The summed E-state index contributed by atoms with van der Waals surface area (Å²) in [6.07, 6.45) is 2.31. The largest absolute Gasteiger partial charge is 0.300 e. The average molecular weight is 138 g/mol. The van der Waals surface area contributed by atoms with Crippen molar-refractivity contribution in [1.82, 2.24) is 9.78 Å². The van der Waals surface area contributed by atoms with E-state index in [1.54, 1.807) is 10.7 Å². The smallest absolute Gasteiger partial charge is 0.266 e. The van der Waals surface area contributed by atoms with Crippen LogP contribution in [0, 0.1) is 6.92 Å². The van der Waals surface area contributed by atoms with Gasteiger partial charge in [-0.15, -0.1) is 0 Å². The second-order valence-corrected chi connectivity index (χ2v) is 2.88. The molecule has 0 aliphatic heterocycles. The highest BCUT2D eigenvalue weighted by Crippen LogP contribution is 2.32. The molecule has 1 heterocycles. The Hall–Kier alpha value is -0.990. The number of aromatic nitrogens is 2. The maximum atomic E-state index is 11.1. The van der Waals surface area contributed by atoms with Crippen molar-refractivity contribution in [2.75, 3.05) is 0 Å². The molecule has 0 aromatic carbocycles. The van der Waals surface area contributed by atoms with Crippen LogP contribution < -0.4 is 5.56 Å². The topological polar surface area (TPSA) is 37.8 Å². The lowest BCUT2D eigenvalue weighted by Crippen LogP contribution is -2.13. The van der Waals surface area contributed by atoms with Gasteiger partial charge in [-0.25, -0.2) is 4.68 Å². The number of aromatic amines is 1. The minimum absolute atomic E-state index is 0.111. The molecule has 1 aromatic heterocycles. The second kappa shape index (κ2) is 1.75. The first kappa shape index (κ1) is 5.77. The molecule has 10 heavy (non-hydrogen) atoms. The van der Waals surface area contributed by atoms with Crippen molar-refractivity contribution < 1.29 is 0 Å². The number of hydrogen-bond donors (Lipinski definition) is 1. The van der Waals surface area contributed by atoms with E-state index in [4.69, 9.17) is 0 Å². The summed E-state index contributed by atoms with van der Waals surface area (Å²) < 4.78 is 1.72. The molecule has 0 amide bonds. The van der Waals surface area contributed by atoms with Gasteiger partial charge in [-0.2, -0.15) is 0 Å². The minimum Gasteiger partial charge on any atom is -0.300 e. The molecule has 0 unspecified atom stereocenters. The van der Waals surface area contributed by atoms with E-state index in [1.807, 2.05) is 6.92 Å². The van der Waals surface area contributed by atoms with E-state index in [2.05, 4.69) is 5.10 Å². The minimum atomic E-state index is 0.111. The van der Waals surface area contributed by atoms with Gasteiger partial charge in [-0.1, -0.05) is 0 Å². The maximum Gasteiger partial charge on any atom is 0.266 e. The lowest BCUT2D eigenvalue weighted by atomic mass is 10.5. The Labute approximate surface area is 58.7 Å². The van der Waals surface area contributed by atoms with Crippen molar-refractivity contribution in [2.45, 2.75) is 25.8 Å². The standard InChI is InChI=1S/C7H10N2O/c1-5-4-7(10)9(8-5)6-2-3-6/h4,6,8H,2-3H2,1H3. The van der Waals surface area contributed by atoms with Crippen LogP contribution in [0.2, 0.25) is 0 Å². The van der Waals surface area contributed by atoms with Gasteiger partial charge < -0.3 is 0 Å². The van der Waals surface area contributed by atoms with Gasteiger partial charge in [0.25, 0.3) is 5.56 Å². The third kappa shape index (κ3) is 0.781. The lowest BCUT2D eigenvalue weighted by molar-refractivity contribution is 0.615. The van der Waals surface area contributed by atoms with E-state index in [-0.39, 0.29) is 5.56 Å². The summed E-state index contributed by atoms with van der Waals surface area (Å²) in [6.45, 7) is 1.90. The molecule has 1 saturated carbocycles. The molecule has 54 valence electrons. The van der Waals surface area contributed by atoms with Crippen molar-refractivity contribution in [3.05, 3.63) is 22.1 Å². The van der Waals surface area contributed by atoms with Crippen LogP contribution in [0.5, 0.6) is 0 Å². The molecule has 1 aliphatic carbocycles. The van der Waals surface area contributed by atoms with Crippen LogP contribution in [0.25, 0.3) is 0 Å². The van der Waals surface area contributed by atoms with Crippen molar-refractivity contribution >= 4 is 0 Å². The van der Waals surface area contributed by atoms with E-state index < -0.39 is 0 Å². The maximum absolute atomic E-state index is 11.1. The Morgan fingerprint density at radius 3 is 2.80 bits per heavy atom. The highest BCUT2D eigenvalue weighted by Gasteiger charge is 2.25. The molecule has 0 saturated heterocycles. The van der Waals surface area contributed by atoms with E-state index >= 15 is 0 Å². The summed E-state index contributed by atoms with van der Waals surface area (Å²) in [5.74, 6) is 0. The predicted molar refractivity (Wildman–Crippen MR) is 38.1 cm³/mol. The molecule has 3 heteroatoms. The monoisotopic (exact) mass is 138 g/mol. The zero-order chi connectivity index (χ0) is 7.14. The molecule has 0 bridgehead atoms. The van der Waals surface area contributed by atoms with Crippen molar-refractivity contribution in [1.29, 1.82) is 0 Å². The van der Waals surface area contributed by atoms with E-state index in [9.17, 15) is 4.79 Å². The van der Waals surface area contributed by atoms with Crippen LogP contribution in [0.4, 0.5) is 0 Å². The van der Waals surface area contributed by atoms with Crippen molar-refractivity contribution in [3.63, 3.8) is 0 Å². The van der Waals surface area contributed by atoms with Gasteiger partial charge in [0.1, 0.15) is 0 Å². The second-order valence-electron chi connectivity index (χ2n) is 2.88. The average Bonchev–Trinajstić information content (AvgIpc) is 2.61. The number of rotatable bonds is 1. The third-order valence-electron chi connectivity index (χ3n) is 1.79. The summed E-state index contributed by atoms with van der Waals surface area (Å²) in [5, 5.41) is 3.01. The van der Waals surface area contributed by atoms with Crippen LogP contribution in [-0.2, 0) is 0 Å². The number of nitrogens with zero attached hydrogens (tertiary/aromatic N) is 1. The number of hydrogen-bond acceptors (Lipinski definition) is 1. The van der Waals surface area contributed by atoms with E-state index in [0.717, 1.165) is 18.5 Å². The Kier molecular flexibility index (Phi) is 1.01. The van der Waals surface area contributed by atoms with Gasteiger partial charge in [0.05, 0.1) is 6.04 Å². The van der Waals surface area contributed by atoms with Crippen molar-refractivity contribution in [2.24, 2.45) is 0 Å². The van der Waals surface area contributed by atoms with Crippen LogP contribution in [0.1, 0.15) is 24.6 Å². The summed E-state index contributed by atoms with van der Waals surface area (Å²) >= 11 is 0. The molecule has 1 N–H and O–H groups in total. The molecule has 3 nitrogen and oxygen atoms in total. The molecule has 1 fully saturated rings. The first-order valence-electron chi connectivity index (χ1n) is 3.55. The van der Waals surface area contributed by atoms with Crippen LogP contribution in [-0.4, -0.2) is 9.78 Å². The number of nitrogens with one attached hydrogen (secondary N) is 1. The van der Waals surface area contributed by atoms with Crippen LogP contribution >= 0.6 is 0 Å². The Balaban J connectivity index is 2.48. The first-order valence-corrected chi connectivity index (χ1v) is 3.55. The van der Waals surface area contributed by atoms with Gasteiger partial charge in [0.2, 0.25) is 0 Å². The summed E-state index contributed by atoms with van der Waals surface area (Å²) in [6, 6.07) is 2.11. The Morgan fingerprint density at radius 1 is 1.70 bits per heavy atom. The fraction of sp³-hybridized carbons (Fsp3) is 0.571. The molecule has 1 aliphatic rings. The summed E-state index contributed by atoms with van der Waals surface area (Å²) in [7, 11) is 0. The van der Waals surface area contributed by atoms with Crippen LogP contribution in [0.15, 0.2) is 10.9 Å². The van der Waals surface area contributed by atoms with Gasteiger partial charge in [-0.3, -0.25) is 9.89 Å². The van der Waals surface area contributed by atoms with Crippen LogP contribution in [0.3, 0.4) is 0 Å². The molecule has 2 rings (SSSR count). The predicted octanol–water partition coefficient (Wildman–Crippen LogP) is 0.820. The van der Waals surface area contributed by atoms with Gasteiger partial charge in [-0.05, 0) is 19.8 Å². The van der Waals surface area contributed by atoms with E-state index in [1.165, 1.54) is 0 Å². The normalized spacial score (nSPS) is 17.7. The van der Waals surface area contributed by atoms with Crippen molar-refractivity contribution in [3.8, 4) is 0 Å². The molecule has 1 aromatic rings. The van der Waals surface area contributed by atoms with Gasteiger partial charge in [0, 0.05) is 11.8 Å². The lowest BCUT2D eigenvalue weighted by Gasteiger charge is -1.94. The SMILES string of the molecule is Cc1cc(=O)n(C2CC2)[nH]1. The Bertz CT molecular complexity index is 293. The zero-order valence-corrected chi connectivity index (χ0v) is 5.92. The molecule has 0 atom stereocenters. The molecular weight excluding hydrogens is 128 g/mol. The number of aryl methyl sites for hydroxylation is 1. The fourth-order valence-corrected chi connectivity index (χ4v) is 1.14. The quantitative estimate of drug-likeness (QED) is 0.613. The molecular formula is C7H10N2O. The van der Waals surface area contributed by atoms with Gasteiger partial charge >= 0.3 is 0 Å². The van der Waals surface area contributed by atoms with E-state index in [0.29, 0.717) is 6.04 Å². The summed E-state index contributed by atoms with van der Waals surface area (Å²) in [5.41, 5.74) is 1.07. The van der Waals surface area contributed by atoms with Gasteiger partial charge in [0.15, 0.2) is 0 Å². The highest BCUT2D eigenvalue weighted by molar-refractivity contribution is 4.98. The molecule has 0 spiro atoms. The first-order chi connectivity index (χ1) is 4.77. The fourth-order valence-electron chi connectivity index (χ4n) is 1.14. The summed E-state index contributed by atoms with van der Waals surface area (Å²) in [4.78, 5) is 11.1. The Morgan fingerprint density at radius 2 is 2.40 bits per heavy atom. The molecule has 0 radical (unpaired) electrons. The third-order valence-corrected chi connectivity index (χ3v) is 1.79. The number of H-pyrrole nitrogens is 1. The highest BCUT2D eigenvalue weighted by atomic mass is 16.1.